The summed E-state index contributed by atoms with van der Waals surface area (Å²) in [5, 5.41) is 0. The summed E-state index contributed by atoms with van der Waals surface area (Å²) >= 11 is 0. The van der Waals surface area contributed by atoms with Gasteiger partial charge >= 0.3 is 0 Å². The van der Waals surface area contributed by atoms with Crippen molar-refractivity contribution >= 4 is 11.6 Å². The number of aryl methyl sites for hydroxylation is 2. The smallest absolute Gasteiger partial charge is 0.161 e. The molecule has 5 heteroatoms. The van der Waals surface area contributed by atoms with Gasteiger partial charge < -0.3 is 14.1 Å². The van der Waals surface area contributed by atoms with Crippen LogP contribution in [0.1, 0.15) is 114 Å². The molecule has 0 saturated carbocycles. The molecule has 0 spiro atoms. The van der Waals surface area contributed by atoms with Gasteiger partial charge in [-0.15, -0.1) is 0 Å². The lowest BCUT2D eigenvalue weighted by Crippen LogP contribution is -2.14. The SMILES string of the molecule is CC(=O)c1c(C)c(C(c2ccc(C(c3ccccc3C)c3c(C)c(C(C)=O)c(C)n3C)[nH]2)c2ccccc2C)n(C)c1C. The molecular weight excluding hydrogens is 530 g/mol. The van der Waals surface area contributed by atoms with Crippen molar-refractivity contribution < 1.29 is 9.59 Å². The summed E-state index contributed by atoms with van der Waals surface area (Å²) in [7, 11) is 4.13. The number of aromatic nitrogens is 3. The number of carbonyl (C=O) groups excluding carboxylic acids is 2. The lowest BCUT2D eigenvalue weighted by atomic mass is 9.87. The molecule has 0 fully saturated rings. The molecule has 0 aliphatic carbocycles. The van der Waals surface area contributed by atoms with Crippen LogP contribution in [-0.4, -0.2) is 25.7 Å². The fourth-order valence-corrected chi connectivity index (χ4v) is 7.37. The van der Waals surface area contributed by atoms with Gasteiger partial charge in [0.1, 0.15) is 0 Å². The van der Waals surface area contributed by atoms with E-state index in [0.717, 1.165) is 56.4 Å². The maximum atomic E-state index is 12.7. The minimum atomic E-state index is -0.103. The first-order chi connectivity index (χ1) is 20.4. The standard InChI is InChI=1S/C38H43N3O2/c1-21-15-11-13-17-29(21)35(37-23(3)33(27(7)42)25(5)40(37)9)31-19-20-32(39-31)36(30-18-14-12-16-22(30)2)38-24(4)34(28(8)43)26(6)41(38)10/h11-20,35-36,39H,1-10H3. The molecule has 0 aliphatic rings. The summed E-state index contributed by atoms with van der Waals surface area (Å²) in [6, 6.07) is 21.4. The molecule has 43 heavy (non-hydrogen) atoms. The van der Waals surface area contributed by atoms with Crippen molar-refractivity contribution in [1.82, 2.24) is 14.1 Å². The van der Waals surface area contributed by atoms with Crippen molar-refractivity contribution in [2.75, 3.05) is 0 Å². The number of aromatic amines is 1. The van der Waals surface area contributed by atoms with Crippen LogP contribution >= 0.6 is 0 Å². The molecule has 5 nitrogen and oxygen atoms in total. The largest absolute Gasteiger partial charge is 0.361 e. The highest BCUT2D eigenvalue weighted by atomic mass is 16.1. The summed E-state index contributed by atoms with van der Waals surface area (Å²) in [6.45, 7) is 15.8. The highest BCUT2D eigenvalue weighted by Crippen LogP contribution is 2.42. The average molecular weight is 574 g/mol. The molecule has 1 N–H and O–H groups in total. The average Bonchev–Trinajstić information content (AvgIpc) is 3.57. The van der Waals surface area contributed by atoms with Crippen LogP contribution in [0.25, 0.3) is 0 Å². The highest BCUT2D eigenvalue weighted by molar-refractivity contribution is 5.98. The number of hydrogen-bond donors (Lipinski definition) is 1. The monoisotopic (exact) mass is 573 g/mol. The Morgan fingerprint density at radius 3 is 1.23 bits per heavy atom. The van der Waals surface area contributed by atoms with Crippen molar-refractivity contribution in [3.63, 3.8) is 0 Å². The van der Waals surface area contributed by atoms with Gasteiger partial charge in [-0.2, -0.15) is 0 Å². The molecule has 3 heterocycles. The van der Waals surface area contributed by atoms with E-state index in [9.17, 15) is 9.59 Å². The normalized spacial score (nSPS) is 12.9. The van der Waals surface area contributed by atoms with Crippen LogP contribution in [0, 0.1) is 41.5 Å². The number of carbonyl (C=O) groups is 2. The van der Waals surface area contributed by atoms with E-state index in [0.29, 0.717) is 0 Å². The Morgan fingerprint density at radius 1 is 0.581 bits per heavy atom. The van der Waals surface area contributed by atoms with Gasteiger partial charge in [-0.1, -0.05) is 48.5 Å². The first-order valence-electron chi connectivity index (χ1n) is 15.0. The number of benzene rings is 2. The topological polar surface area (TPSA) is 59.8 Å². The highest BCUT2D eigenvalue weighted by Gasteiger charge is 2.32. The van der Waals surface area contributed by atoms with E-state index < -0.39 is 0 Å². The van der Waals surface area contributed by atoms with E-state index in [2.05, 4.69) is 117 Å². The molecule has 0 saturated heterocycles. The molecule has 222 valence electrons. The third-order valence-corrected chi connectivity index (χ3v) is 9.57. The molecule has 3 aromatic heterocycles. The Bertz CT molecular complexity index is 1740. The van der Waals surface area contributed by atoms with Crippen LogP contribution in [0.4, 0.5) is 0 Å². The van der Waals surface area contributed by atoms with Crippen LogP contribution in [0.2, 0.25) is 0 Å². The predicted octanol–water partition coefficient (Wildman–Crippen LogP) is 8.31. The van der Waals surface area contributed by atoms with Gasteiger partial charge in [0.25, 0.3) is 0 Å². The number of H-pyrrole nitrogens is 1. The van der Waals surface area contributed by atoms with Gasteiger partial charge in [-0.05, 0) is 101 Å². The van der Waals surface area contributed by atoms with Crippen LogP contribution in [0.15, 0.2) is 60.7 Å². The second-order valence-corrected chi connectivity index (χ2v) is 12.1. The van der Waals surface area contributed by atoms with E-state index in [-0.39, 0.29) is 23.4 Å². The van der Waals surface area contributed by atoms with E-state index in [1.54, 1.807) is 13.8 Å². The van der Waals surface area contributed by atoms with Crippen molar-refractivity contribution in [2.45, 2.75) is 67.2 Å². The summed E-state index contributed by atoms with van der Waals surface area (Å²) in [5.74, 6) is -0.0346. The Hall–Kier alpha value is -4.38. The van der Waals surface area contributed by atoms with Gasteiger partial charge in [0.05, 0.1) is 11.8 Å². The Morgan fingerprint density at radius 2 is 0.930 bits per heavy atom. The van der Waals surface area contributed by atoms with Crippen molar-refractivity contribution in [3.8, 4) is 0 Å². The Labute approximate surface area is 255 Å². The fourth-order valence-electron chi connectivity index (χ4n) is 7.37. The van der Waals surface area contributed by atoms with Crippen molar-refractivity contribution in [2.24, 2.45) is 14.1 Å². The number of nitrogens with one attached hydrogen (secondary N) is 1. The predicted molar refractivity (Wildman–Crippen MR) is 175 cm³/mol. The zero-order chi connectivity index (χ0) is 31.3. The maximum Gasteiger partial charge on any atom is 0.161 e. The van der Waals surface area contributed by atoms with Crippen LogP contribution in [0.3, 0.4) is 0 Å². The van der Waals surface area contributed by atoms with Gasteiger partial charge in [0.2, 0.25) is 0 Å². The zero-order valence-corrected chi connectivity index (χ0v) is 27.1. The lowest BCUT2D eigenvalue weighted by molar-refractivity contribution is 0.100. The van der Waals surface area contributed by atoms with Crippen molar-refractivity contribution in [1.29, 1.82) is 0 Å². The maximum absolute atomic E-state index is 12.7. The lowest BCUT2D eigenvalue weighted by Gasteiger charge is -2.24. The number of rotatable bonds is 8. The van der Waals surface area contributed by atoms with E-state index >= 15 is 0 Å². The molecule has 2 unspecified atom stereocenters. The van der Waals surface area contributed by atoms with Gasteiger partial charge in [-0.3, -0.25) is 9.59 Å². The summed E-state index contributed by atoms with van der Waals surface area (Å²) in [5.41, 5.74) is 14.8. The van der Waals surface area contributed by atoms with Gasteiger partial charge in [0.15, 0.2) is 11.6 Å². The molecule has 5 aromatic rings. The first kappa shape index (κ1) is 30.1. The molecule has 2 aromatic carbocycles. The minimum absolute atomic E-state index is 0.0861. The number of ketones is 2. The summed E-state index contributed by atoms with van der Waals surface area (Å²) < 4.78 is 4.37. The first-order valence-corrected chi connectivity index (χ1v) is 15.0. The molecule has 2 atom stereocenters. The van der Waals surface area contributed by atoms with E-state index in [4.69, 9.17) is 0 Å². The quantitative estimate of drug-likeness (QED) is 0.190. The Kier molecular flexibility index (Phi) is 7.95. The summed E-state index contributed by atoms with van der Waals surface area (Å²) in [4.78, 5) is 29.4. The summed E-state index contributed by atoms with van der Waals surface area (Å²) in [6.07, 6.45) is 0. The number of nitrogens with zero attached hydrogens (tertiary/aromatic N) is 2. The fraction of sp³-hybridized carbons (Fsp3) is 0.316. The molecule has 0 aliphatic heterocycles. The van der Waals surface area contributed by atoms with E-state index in [1.165, 1.54) is 22.3 Å². The van der Waals surface area contributed by atoms with Gasteiger partial charge in [-0.25, -0.2) is 0 Å². The van der Waals surface area contributed by atoms with Gasteiger partial charge in [0, 0.05) is 59.4 Å². The minimum Gasteiger partial charge on any atom is -0.361 e. The molecule has 0 bridgehead atoms. The molecule has 0 radical (unpaired) electrons. The molecule has 5 rings (SSSR count). The molecular formula is C38H43N3O2. The van der Waals surface area contributed by atoms with Crippen LogP contribution < -0.4 is 0 Å². The zero-order valence-electron chi connectivity index (χ0n) is 27.1. The number of hydrogen-bond acceptors (Lipinski definition) is 2. The van der Waals surface area contributed by atoms with Crippen LogP contribution in [0.5, 0.6) is 0 Å². The second kappa shape index (κ2) is 11.4. The third kappa shape index (κ3) is 4.91. The number of Topliss-reactive ketones (excluding diaryl/α,β-unsaturated/α-hetero) is 2. The van der Waals surface area contributed by atoms with Crippen LogP contribution in [-0.2, 0) is 14.1 Å². The molecule has 0 amide bonds. The van der Waals surface area contributed by atoms with E-state index in [1.807, 2.05) is 13.8 Å². The second-order valence-electron chi connectivity index (χ2n) is 12.1. The third-order valence-electron chi connectivity index (χ3n) is 9.57. The van der Waals surface area contributed by atoms with Crippen molar-refractivity contribution in [3.05, 3.63) is 139 Å². The Balaban J connectivity index is 1.79.